The molecule has 1 N–H and O–H groups in total. The van der Waals surface area contributed by atoms with E-state index in [4.69, 9.17) is 4.74 Å². The number of fused-ring (bicyclic) bond motifs is 1. The van der Waals surface area contributed by atoms with Gasteiger partial charge in [-0.1, -0.05) is 30.3 Å². The number of ketones is 2. The van der Waals surface area contributed by atoms with Crippen molar-refractivity contribution in [2.45, 2.75) is 13.2 Å². The highest BCUT2D eigenvalue weighted by atomic mass is 16.5. The lowest BCUT2D eigenvalue weighted by Gasteiger charge is -2.23. The molecular weight excluding hydrogens is 292 g/mol. The van der Waals surface area contributed by atoms with E-state index in [0.29, 0.717) is 23.4 Å². The fourth-order valence-corrected chi connectivity index (χ4v) is 2.46. The molecule has 116 valence electrons. The monoisotopic (exact) mass is 308 g/mol. The second-order valence-corrected chi connectivity index (χ2v) is 5.03. The predicted octanol–water partition coefficient (Wildman–Crippen LogP) is 2.67. The topological polar surface area (TPSA) is 68.3 Å². The highest BCUT2D eigenvalue weighted by Crippen LogP contribution is 2.22. The molecule has 3 rings (SSSR count). The van der Waals surface area contributed by atoms with Crippen LogP contribution in [0.15, 0.2) is 60.4 Å². The molecule has 1 unspecified atom stereocenters. The average molecular weight is 308 g/mol. The Balaban J connectivity index is 1.90. The molecule has 1 aromatic carbocycles. The van der Waals surface area contributed by atoms with Crippen LogP contribution < -0.4 is 5.32 Å². The molecule has 2 aromatic rings. The summed E-state index contributed by atoms with van der Waals surface area (Å²) in [4.78, 5) is 29.0. The number of rotatable bonds is 5. The number of carbonyl (C=O) groups excluding carboxylic acids is 2. The molecule has 5 heteroatoms. The third kappa shape index (κ3) is 3.05. The summed E-state index contributed by atoms with van der Waals surface area (Å²) in [7, 11) is 0. The van der Waals surface area contributed by atoms with Gasteiger partial charge in [-0.25, -0.2) is 0 Å². The lowest BCUT2D eigenvalue weighted by atomic mass is 9.92. The van der Waals surface area contributed by atoms with E-state index < -0.39 is 6.23 Å². The van der Waals surface area contributed by atoms with E-state index in [1.165, 1.54) is 6.08 Å². The second-order valence-electron chi connectivity index (χ2n) is 5.03. The summed E-state index contributed by atoms with van der Waals surface area (Å²) in [5.41, 5.74) is 1.69. The van der Waals surface area contributed by atoms with Crippen LogP contribution in [0.1, 0.15) is 39.6 Å². The molecule has 0 fully saturated rings. The van der Waals surface area contributed by atoms with Gasteiger partial charge in [0.15, 0.2) is 12.0 Å². The Morgan fingerprint density at radius 3 is 2.52 bits per heavy atom. The number of aromatic nitrogens is 1. The molecule has 1 aromatic heterocycles. The zero-order valence-corrected chi connectivity index (χ0v) is 12.7. The fourth-order valence-electron chi connectivity index (χ4n) is 2.46. The number of carbonyl (C=O) groups is 2. The maximum atomic E-state index is 12.6. The largest absolute Gasteiger partial charge is 0.353 e. The van der Waals surface area contributed by atoms with Crippen LogP contribution >= 0.6 is 0 Å². The number of hydrogen-bond acceptors (Lipinski definition) is 5. The Labute approximate surface area is 134 Å². The van der Waals surface area contributed by atoms with Crippen molar-refractivity contribution < 1.29 is 14.3 Å². The zero-order chi connectivity index (χ0) is 16.2. The van der Waals surface area contributed by atoms with Gasteiger partial charge in [0.25, 0.3) is 0 Å². The summed E-state index contributed by atoms with van der Waals surface area (Å²) in [6, 6.07) is 12.2. The SMILES string of the molecule is CCOC(NC1=CC(=O)c2ccccc2C1=O)c1ccccn1. The van der Waals surface area contributed by atoms with Gasteiger partial charge in [0.1, 0.15) is 0 Å². The summed E-state index contributed by atoms with van der Waals surface area (Å²) in [5.74, 6) is -0.417. The van der Waals surface area contributed by atoms with E-state index in [-0.39, 0.29) is 17.3 Å². The molecule has 1 atom stereocenters. The van der Waals surface area contributed by atoms with Crippen molar-refractivity contribution in [3.05, 3.63) is 77.3 Å². The van der Waals surface area contributed by atoms with Crippen LogP contribution in [0.25, 0.3) is 0 Å². The summed E-state index contributed by atoms with van der Waals surface area (Å²) >= 11 is 0. The van der Waals surface area contributed by atoms with Crippen LogP contribution in [0.3, 0.4) is 0 Å². The van der Waals surface area contributed by atoms with Crippen LogP contribution in [-0.2, 0) is 4.74 Å². The predicted molar refractivity (Wildman–Crippen MR) is 84.9 cm³/mol. The van der Waals surface area contributed by atoms with Gasteiger partial charge in [0.05, 0.1) is 11.4 Å². The molecule has 0 radical (unpaired) electrons. The first kappa shape index (κ1) is 15.1. The van der Waals surface area contributed by atoms with Crippen molar-refractivity contribution in [2.24, 2.45) is 0 Å². The third-order valence-electron chi connectivity index (χ3n) is 3.53. The first-order valence-corrected chi connectivity index (χ1v) is 7.39. The van der Waals surface area contributed by atoms with Crippen molar-refractivity contribution >= 4 is 11.6 Å². The van der Waals surface area contributed by atoms with Gasteiger partial charge < -0.3 is 10.1 Å². The first-order chi connectivity index (χ1) is 11.2. The van der Waals surface area contributed by atoms with Crippen molar-refractivity contribution in [1.82, 2.24) is 10.3 Å². The van der Waals surface area contributed by atoms with Gasteiger partial charge in [0, 0.05) is 30.0 Å². The van der Waals surface area contributed by atoms with Crippen molar-refractivity contribution in [3.8, 4) is 0 Å². The van der Waals surface area contributed by atoms with Gasteiger partial charge in [-0.05, 0) is 19.1 Å². The van der Waals surface area contributed by atoms with Crippen LogP contribution in [0.5, 0.6) is 0 Å². The standard InChI is InChI=1S/C18H16N2O3/c1-2-23-18(14-9-5-6-10-19-14)20-15-11-16(21)12-7-3-4-8-13(12)17(15)22/h3-11,18,20H,2H2,1H3. The highest BCUT2D eigenvalue weighted by molar-refractivity contribution is 6.24. The van der Waals surface area contributed by atoms with Gasteiger partial charge in [0.2, 0.25) is 5.78 Å². The molecule has 1 heterocycles. The number of pyridine rings is 1. The lowest BCUT2D eigenvalue weighted by Crippen LogP contribution is -2.31. The Kier molecular flexibility index (Phi) is 4.30. The summed E-state index contributed by atoms with van der Waals surface area (Å²) in [5, 5.41) is 3.00. The van der Waals surface area contributed by atoms with Gasteiger partial charge >= 0.3 is 0 Å². The van der Waals surface area contributed by atoms with Crippen LogP contribution in [-0.4, -0.2) is 23.2 Å². The molecule has 5 nitrogen and oxygen atoms in total. The molecule has 0 spiro atoms. The van der Waals surface area contributed by atoms with E-state index in [9.17, 15) is 9.59 Å². The van der Waals surface area contributed by atoms with E-state index in [1.54, 1.807) is 42.6 Å². The number of hydrogen-bond donors (Lipinski definition) is 1. The molecule has 0 aliphatic heterocycles. The normalized spacial score (nSPS) is 14.9. The maximum absolute atomic E-state index is 12.6. The summed E-state index contributed by atoms with van der Waals surface area (Å²) in [6.45, 7) is 2.30. The third-order valence-corrected chi connectivity index (χ3v) is 3.53. The van der Waals surface area contributed by atoms with Gasteiger partial charge in [-0.15, -0.1) is 0 Å². The zero-order valence-electron chi connectivity index (χ0n) is 12.7. The second kappa shape index (κ2) is 6.54. The van der Waals surface area contributed by atoms with Gasteiger partial charge in [-0.2, -0.15) is 0 Å². The van der Waals surface area contributed by atoms with E-state index in [1.807, 2.05) is 13.0 Å². The highest BCUT2D eigenvalue weighted by Gasteiger charge is 2.27. The van der Waals surface area contributed by atoms with Crippen LogP contribution in [0, 0.1) is 0 Å². The van der Waals surface area contributed by atoms with Gasteiger partial charge in [-0.3, -0.25) is 14.6 Å². The Bertz CT molecular complexity index is 769. The number of benzene rings is 1. The Hall–Kier alpha value is -2.79. The maximum Gasteiger partial charge on any atom is 0.209 e. The average Bonchev–Trinajstić information content (AvgIpc) is 2.60. The molecule has 23 heavy (non-hydrogen) atoms. The van der Waals surface area contributed by atoms with Crippen molar-refractivity contribution in [2.75, 3.05) is 6.61 Å². The molecule has 1 aliphatic carbocycles. The van der Waals surface area contributed by atoms with Crippen molar-refractivity contribution in [3.63, 3.8) is 0 Å². The Morgan fingerprint density at radius 1 is 1.09 bits per heavy atom. The number of nitrogens with one attached hydrogen (secondary N) is 1. The van der Waals surface area contributed by atoms with E-state index in [2.05, 4.69) is 10.3 Å². The smallest absolute Gasteiger partial charge is 0.209 e. The fraction of sp³-hybridized carbons (Fsp3) is 0.167. The van der Waals surface area contributed by atoms with Crippen LogP contribution in [0.4, 0.5) is 0 Å². The van der Waals surface area contributed by atoms with E-state index >= 15 is 0 Å². The number of ether oxygens (including phenoxy) is 1. The minimum absolute atomic E-state index is 0.195. The molecule has 0 bridgehead atoms. The first-order valence-electron chi connectivity index (χ1n) is 7.39. The number of Topliss-reactive ketones (excluding diaryl/α,β-unsaturated/α-hetero) is 1. The molecule has 0 saturated carbocycles. The lowest BCUT2D eigenvalue weighted by molar-refractivity contribution is 0.0404. The minimum atomic E-state index is -0.588. The van der Waals surface area contributed by atoms with Crippen molar-refractivity contribution in [1.29, 1.82) is 0 Å². The number of nitrogens with zero attached hydrogens (tertiary/aromatic N) is 1. The molecule has 1 aliphatic rings. The molecule has 0 saturated heterocycles. The molecular formula is C18H16N2O3. The number of allylic oxidation sites excluding steroid dienone is 2. The minimum Gasteiger partial charge on any atom is -0.353 e. The van der Waals surface area contributed by atoms with Crippen LogP contribution in [0.2, 0.25) is 0 Å². The summed E-state index contributed by atoms with van der Waals surface area (Å²) in [6.07, 6.45) is 2.38. The quantitative estimate of drug-likeness (QED) is 0.860. The van der Waals surface area contributed by atoms with E-state index in [0.717, 1.165) is 0 Å². The molecule has 0 amide bonds. The summed E-state index contributed by atoms with van der Waals surface area (Å²) < 4.78 is 5.62. The Morgan fingerprint density at radius 2 is 1.83 bits per heavy atom.